The van der Waals surface area contributed by atoms with Crippen LogP contribution >= 0.6 is 0 Å². The zero-order valence-corrected chi connectivity index (χ0v) is 10.3. The van der Waals surface area contributed by atoms with Crippen LogP contribution in [0.4, 0.5) is 0 Å². The molecular formula is C15H19N. The molecule has 0 radical (unpaired) electrons. The lowest BCUT2D eigenvalue weighted by Gasteiger charge is -2.03. The molecule has 0 aliphatic carbocycles. The van der Waals surface area contributed by atoms with Crippen LogP contribution in [-0.2, 0) is 6.54 Å². The summed E-state index contributed by atoms with van der Waals surface area (Å²) >= 11 is 0. The molecule has 84 valence electrons. The van der Waals surface area contributed by atoms with Crippen LogP contribution in [0.1, 0.15) is 26.3 Å². The molecule has 1 aromatic carbocycles. The Kier molecular flexibility index (Phi) is 4.71. The number of nitrogens with zero attached hydrogens (tertiary/aromatic N) is 1. The van der Waals surface area contributed by atoms with E-state index in [2.05, 4.69) is 37.6 Å². The Hall–Kier alpha value is -1.63. The van der Waals surface area contributed by atoms with Gasteiger partial charge in [-0.3, -0.25) is 4.99 Å². The first-order valence-corrected chi connectivity index (χ1v) is 5.48. The first-order valence-electron chi connectivity index (χ1n) is 5.48. The quantitative estimate of drug-likeness (QED) is 0.526. The molecule has 0 N–H and O–H groups in total. The van der Waals surface area contributed by atoms with Crippen molar-refractivity contribution in [2.24, 2.45) is 4.99 Å². The molecule has 1 aromatic rings. The predicted octanol–water partition coefficient (Wildman–Crippen LogP) is 4.17. The lowest BCUT2D eigenvalue weighted by Crippen LogP contribution is -1.90. The zero-order valence-electron chi connectivity index (χ0n) is 10.3. The van der Waals surface area contributed by atoms with Gasteiger partial charge >= 0.3 is 0 Å². The summed E-state index contributed by atoms with van der Waals surface area (Å²) in [4.78, 5) is 4.44. The van der Waals surface area contributed by atoms with E-state index in [1.807, 2.05) is 31.3 Å². The molecule has 0 spiro atoms. The monoisotopic (exact) mass is 213 g/mol. The topological polar surface area (TPSA) is 12.4 Å². The summed E-state index contributed by atoms with van der Waals surface area (Å²) < 4.78 is 0. The number of benzene rings is 1. The standard InChI is InChI=1S/C15H19N/c1-12(2)15(13(3)4)11-16-10-14-8-6-5-7-9-14/h5-9,11H,1,10H2,2-4H3/b16-11-. The fraction of sp³-hybridized carbons (Fsp3) is 0.267. The molecule has 16 heavy (non-hydrogen) atoms. The van der Waals surface area contributed by atoms with Gasteiger partial charge < -0.3 is 0 Å². The van der Waals surface area contributed by atoms with Gasteiger partial charge in [-0.05, 0) is 37.5 Å². The van der Waals surface area contributed by atoms with E-state index in [0.717, 1.165) is 17.7 Å². The summed E-state index contributed by atoms with van der Waals surface area (Å²) in [5.74, 6) is 0. The second-order valence-corrected chi connectivity index (χ2v) is 4.15. The Morgan fingerprint density at radius 2 is 1.81 bits per heavy atom. The third-order valence-electron chi connectivity index (χ3n) is 2.34. The Balaban J connectivity index is 2.68. The van der Waals surface area contributed by atoms with E-state index in [-0.39, 0.29) is 0 Å². The van der Waals surface area contributed by atoms with Crippen LogP contribution in [0.5, 0.6) is 0 Å². The van der Waals surface area contributed by atoms with Crippen LogP contribution in [0.3, 0.4) is 0 Å². The SMILES string of the molecule is C=C(C)C(/C=N\Cc1ccccc1)=C(C)C. The molecule has 1 rings (SSSR count). The van der Waals surface area contributed by atoms with Crippen LogP contribution in [0.25, 0.3) is 0 Å². The van der Waals surface area contributed by atoms with E-state index in [9.17, 15) is 0 Å². The predicted molar refractivity (Wildman–Crippen MR) is 71.8 cm³/mol. The maximum Gasteiger partial charge on any atom is 0.0639 e. The van der Waals surface area contributed by atoms with E-state index in [4.69, 9.17) is 0 Å². The van der Waals surface area contributed by atoms with Gasteiger partial charge in [0.15, 0.2) is 0 Å². The summed E-state index contributed by atoms with van der Waals surface area (Å²) in [6, 6.07) is 10.3. The van der Waals surface area contributed by atoms with Crippen molar-refractivity contribution in [2.75, 3.05) is 0 Å². The smallest absolute Gasteiger partial charge is 0.0639 e. The zero-order chi connectivity index (χ0) is 12.0. The molecule has 1 heteroatoms. The molecule has 0 heterocycles. The molecule has 0 amide bonds. The van der Waals surface area contributed by atoms with Crippen molar-refractivity contribution in [1.29, 1.82) is 0 Å². The minimum absolute atomic E-state index is 0.727. The average Bonchev–Trinajstić information content (AvgIpc) is 2.24. The van der Waals surface area contributed by atoms with Gasteiger partial charge in [-0.2, -0.15) is 0 Å². The van der Waals surface area contributed by atoms with Gasteiger partial charge in [0.25, 0.3) is 0 Å². The summed E-state index contributed by atoms with van der Waals surface area (Å²) in [5.41, 5.74) is 4.70. The molecule has 0 aliphatic rings. The number of aliphatic imine (C=N–C) groups is 1. The van der Waals surface area contributed by atoms with Crippen molar-refractivity contribution < 1.29 is 0 Å². The average molecular weight is 213 g/mol. The van der Waals surface area contributed by atoms with Gasteiger partial charge in [0.2, 0.25) is 0 Å². The molecule has 0 aromatic heterocycles. The van der Waals surface area contributed by atoms with Crippen LogP contribution in [0.2, 0.25) is 0 Å². The Morgan fingerprint density at radius 3 is 2.31 bits per heavy atom. The minimum atomic E-state index is 0.727. The van der Waals surface area contributed by atoms with Gasteiger partial charge in [-0.15, -0.1) is 0 Å². The maximum absolute atomic E-state index is 4.44. The van der Waals surface area contributed by atoms with Crippen LogP contribution < -0.4 is 0 Å². The second kappa shape index (κ2) is 6.06. The van der Waals surface area contributed by atoms with Crippen LogP contribution in [0.15, 0.2) is 58.6 Å². The van der Waals surface area contributed by atoms with Crippen molar-refractivity contribution in [2.45, 2.75) is 27.3 Å². The molecule has 0 aliphatic heterocycles. The third-order valence-corrected chi connectivity index (χ3v) is 2.34. The highest BCUT2D eigenvalue weighted by Crippen LogP contribution is 2.10. The Labute approximate surface area is 98.2 Å². The molecule has 0 saturated heterocycles. The fourth-order valence-corrected chi connectivity index (χ4v) is 1.49. The minimum Gasteiger partial charge on any atom is -0.288 e. The normalized spacial score (nSPS) is 10.4. The summed E-state index contributed by atoms with van der Waals surface area (Å²) in [6.07, 6.45) is 1.92. The molecule has 0 fully saturated rings. The number of hydrogen-bond acceptors (Lipinski definition) is 1. The van der Waals surface area contributed by atoms with Crippen molar-refractivity contribution in [3.8, 4) is 0 Å². The first kappa shape index (κ1) is 12.4. The largest absolute Gasteiger partial charge is 0.288 e. The van der Waals surface area contributed by atoms with Gasteiger partial charge in [-0.25, -0.2) is 0 Å². The third kappa shape index (κ3) is 3.85. The lowest BCUT2D eigenvalue weighted by molar-refractivity contribution is 1.07. The Morgan fingerprint density at radius 1 is 1.19 bits per heavy atom. The molecule has 0 atom stereocenters. The maximum atomic E-state index is 4.44. The van der Waals surface area contributed by atoms with Gasteiger partial charge in [0.1, 0.15) is 0 Å². The summed E-state index contributed by atoms with van der Waals surface area (Å²) in [5, 5.41) is 0. The van der Waals surface area contributed by atoms with E-state index >= 15 is 0 Å². The highest BCUT2D eigenvalue weighted by Gasteiger charge is 1.96. The number of rotatable bonds is 4. The lowest BCUT2D eigenvalue weighted by atomic mass is 10.1. The molecule has 0 unspecified atom stereocenters. The summed E-state index contributed by atoms with van der Waals surface area (Å²) in [6.45, 7) is 10.9. The van der Waals surface area contributed by atoms with E-state index in [1.54, 1.807) is 0 Å². The fourth-order valence-electron chi connectivity index (χ4n) is 1.49. The molecule has 0 bridgehead atoms. The highest BCUT2D eigenvalue weighted by atomic mass is 14.7. The van der Waals surface area contributed by atoms with Gasteiger partial charge in [-0.1, -0.05) is 42.5 Å². The molecule has 0 saturated carbocycles. The van der Waals surface area contributed by atoms with E-state index in [1.165, 1.54) is 11.1 Å². The molecular weight excluding hydrogens is 194 g/mol. The number of hydrogen-bond donors (Lipinski definition) is 0. The molecule has 1 nitrogen and oxygen atoms in total. The summed E-state index contributed by atoms with van der Waals surface area (Å²) in [7, 11) is 0. The number of allylic oxidation sites excluding steroid dienone is 3. The highest BCUT2D eigenvalue weighted by molar-refractivity contribution is 5.85. The van der Waals surface area contributed by atoms with Gasteiger partial charge in [0, 0.05) is 6.21 Å². The van der Waals surface area contributed by atoms with Crippen molar-refractivity contribution in [3.63, 3.8) is 0 Å². The van der Waals surface area contributed by atoms with E-state index in [0.29, 0.717) is 0 Å². The van der Waals surface area contributed by atoms with Crippen molar-refractivity contribution in [3.05, 3.63) is 59.2 Å². The first-order chi connectivity index (χ1) is 7.61. The van der Waals surface area contributed by atoms with Crippen molar-refractivity contribution in [1.82, 2.24) is 0 Å². The Bertz CT molecular complexity index is 406. The van der Waals surface area contributed by atoms with Crippen molar-refractivity contribution >= 4 is 6.21 Å². The van der Waals surface area contributed by atoms with Gasteiger partial charge in [0.05, 0.1) is 6.54 Å². The van der Waals surface area contributed by atoms with Crippen LogP contribution in [0, 0.1) is 0 Å². The second-order valence-electron chi connectivity index (χ2n) is 4.15. The van der Waals surface area contributed by atoms with E-state index < -0.39 is 0 Å². The van der Waals surface area contributed by atoms with Crippen LogP contribution in [-0.4, -0.2) is 6.21 Å².